The van der Waals surface area contributed by atoms with Gasteiger partial charge < -0.3 is 10.4 Å². The average Bonchev–Trinajstić information content (AvgIpc) is 2.94. The highest BCUT2D eigenvalue weighted by atomic mass is 16.3. The van der Waals surface area contributed by atoms with Crippen LogP contribution in [0.2, 0.25) is 0 Å². The monoisotopic (exact) mass is 333 g/mol. The molecule has 0 saturated heterocycles. The normalized spacial score (nSPS) is 11.9. The molecule has 1 amide bonds. The van der Waals surface area contributed by atoms with Crippen LogP contribution in [-0.2, 0) is 11.2 Å². The number of rotatable bonds is 8. The molecule has 0 spiro atoms. The van der Waals surface area contributed by atoms with E-state index >= 15 is 0 Å². The van der Waals surface area contributed by atoms with E-state index in [-0.39, 0.29) is 24.3 Å². The first-order valence-electron chi connectivity index (χ1n) is 8.50. The van der Waals surface area contributed by atoms with E-state index in [1.165, 1.54) is 0 Å². The summed E-state index contributed by atoms with van der Waals surface area (Å²) in [5, 5.41) is 16.6. The third-order valence-electron chi connectivity index (χ3n) is 4.78. The Hall–Kier alpha value is -2.02. The van der Waals surface area contributed by atoms with Crippen molar-refractivity contribution in [1.82, 2.24) is 24.9 Å². The Balaban J connectivity index is 2.03. The molecule has 2 heterocycles. The number of aryl methyl sites for hydroxylation is 2. The van der Waals surface area contributed by atoms with Crippen LogP contribution in [0, 0.1) is 19.3 Å². The molecule has 0 aliphatic carbocycles. The summed E-state index contributed by atoms with van der Waals surface area (Å²) in [6.07, 6.45) is 2.65. The first kappa shape index (κ1) is 18.3. The van der Waals surface area contributed by atoms with E-state index < -0.39 is 0 Å². The molecule has 24 heavy (non-hydrogen) atoms. The summed E-state index contributed by atoms with van der Waals surface area (Å²) in [4.78, 5) is 20.9. The van der Waals surface area contributed by atoms with Crippen molar-refractivity contribution in [2.24, 2.45) is 5.41 Å². The number of aliphatic hydroxyl groups is 1. The van der Waals surface area contributed by atoms with Gasteiger partial charge in [0.25, 0.3) is 5.78 Å². The Bertz CT molecular complexity index is 706. The van der Waals surface area contributed by atoms with Gasteiger partial charge >= 0.3 is 0 Å². The van der Waals surface area contributed by atoms with Gasteiger partial charge in [-0.25, -0.2) is 9.50 Å². The van der Waals surface area contributed by atoms with E-state index in [0.717, 1.165) is 24.2 Å². The fourth-order valence-electron chi connectivity index (χ4n) is 2.95. The lowest BCUT2D eigenvalue weighted by atomic mass is 9.79. The van der Waals surface area contributed by atoms with Crippen LogP contribution in [0.25, 0.3) is 5.78 Å². The highest BCUT2D eigenvalue weighted by Crippen LogP contribution is 2.29. The second-order valence-corrected chi connectivity index (χ2v) is 6.41. The van der Waals surface area contributed by atoms with Crippen molar-refractivity contribution in [3.05, 3.63) is 23.3 Å². The first-order valence-corrected chi connectivity index (χ1v) is 8.50. The van der Waals surface area contributed by atoms with Gasteiger partial charge in [0.15, 0.2) is 5.82 Å². The lowest BCUT2D eigenvalue weighted by molar-refractivity contribution is -0.121. The van der Waals surface area contributed by atoms with Crippen LogP contribution in [0.1, 0.15) is 50.3 Å². The van der Waals surface area contributed by atoms with Crippen LogP contribution in [0.4, 0.5) is 0 Å². The highest BCUT2D eigenvalue weighted by Gasteiger charge is 2.26. The Morgan fingerprint density at radius 1 is 1.29 bits per heavy atom. The van der Waals surface area contributed by atoms with Gasteiger partial charge in [-0.15, -0.1) is 5.10 Å². The second-order valence-electron chi connectivity index (χ2n) is 6.41. The topological polar surface area (TPSA) is 92.4 Å². The third-order valence-corrected chi connectivity index (χ3v) is 4.78. The lowest BCUT2D eigenvalue weighted by Crippen LogP contribution is -2.38. The van der Waals surface area contributed by atoms with Crippen LogP contribution in [0.5, 0.6) is 0 Å². The van der Waals surface area contributed by atoms with Crippen molar-refractivity contribution in [3.63, 3.8) is 0 Å². The number of hydrogen-bond donors (Lipinski definition) is 2. The molecular formula is C17H27N5O2. The number of hydrogen-bond acceptors (Lipinski definition) is 5. The van der Waals surface area contributed by atoms with Gasteiger partial charge in [-0.3, -0.25) is 4.79 Å². The van der Waals surface area contributed by atoms with Gasteiger partial charge in [0.1, 0.15) is 0 Å². The summed E-state index contributed by atoms with van der Waals surface area (Å²) >= 11 is 0. The smallest absolute Gasteiger partial charge is 0.252 e. The molecule has 2 aromatic rings. The molecule has 0 aromatic carbocycles. The number of fused-ring (bicyclic) bond motifs is 1. The highest BCUT2D eigenvalue weighted by molar-refractivity contribution is 5.77. The summed E-state index contributed by atoms with van der Waals surface area (Å²) in [6, 6.07) is 1.93. The Morgan fingerprint density at radius 3 is 2.62 bits per heavy atom. The number of amides is 1. The maximum atomic E-state index is 12.2. The molecule has 2 aromatic heterocycles. The maximum Gasteiger partial charge on any atom is 0.252 e. The Morgan fingerprint density at radius 2 is 2.00 bits per heavy atom. The number of aliphatic hydroxyl groups excluding tert-OH is 1. The largest absolute Gasteiger partial charge is 0.396 e. The molecule has 0 aliphatic heterocycles. The molecule has 0 saturated carbocycles. The van der Waals surface area contributed by atoms with Crippen molar-refractivity contribution in [1.29, 1.82) is 0 Å². The molecule has 132 valence electrons. The molecule has 7 nitrogen and oxygen atoms in total. The van der Waals surface area contributed by atoms with E-state index in [2.05, 4.69) is 34.2 Å². The summed E-state index contributed by atoms with van der Waals surface area (Å²) in [7, 11) is 0. The molecule has 7 heteroatoms. The zero-order valence-electron chi connectivity index (χ0n) is 15.0. The Labute approximate surface area is 142 Å². The number of aromatic nitrogens is 4. The number of carbonyl (C=O) groups is 1. The van der Waals surface area contributed by atoms with E-state index in [1.54, 1.807) is 4.52 Å². The molecule has 0 bridgehead atoms. The summed E-state index contributed by atoms with van der Waals surface area (Å²) in [5.41, 5.74) is 1.77. The minimum Gasteiger partial charge on any atom is -0.396 e. The molecule has 0 fully saturated rings. The minimum atomic E-state index is -0.107. The molecule has 0 radical (unpaired) electrons. The number of carbonyl (C=O) groups excluding carboxylic acids is 1. The maximum absolute atomic E-state index is 12.2. The van der Waals surface area contributed by atoms with Gasteiger partial charge in [0.2, 0.25) is 5.91 Å². The van der Waals surface area contributed by atoms with E-state index in [4.69, 9.17) is 0 Å². The van der Waals surface area contributed by atoms with Crippen molar-refractivity contribution in [3.8, 4) is 0 Å². The fourth-order valence-corrected chi connectivity index (χ4v) is 2.95. The molecule has 2 N–H and O–H groups in total. The van der Waals surface area contributed by atoms with Gasteiger partial charge in [-0.1, -0.05) is 13.8 Å². The van der Waals surface area contributed by atoms with Crippen LogP contribution in [0.15, 0.2) is 6.07 Å². The summed E-state index contributed by atoms with van der Waals surface area (Å²) < 4.78 is 1.66. The van der Waals surface area contributed by atoms with E-state index in [1.807, 2.05) is 19.9 Å². The van der Waals surface area contributed by atoms with Crippen LogP contribution in [-0.4, -0.2) is 43.7 Å². The van der Waals surface area contributed by atoms with Gasteiger partial charge in [0, 0.05) is 24.5 Å². The van der Waals surface area contributed by atoms with Crippen LogP contribution in [0.3, 0.4) is 0 Å². The number of nitrogens with one attached hydrogen (secondary N) is 1. The SMILES string of the molecule is CCC(CC)(CCO)CNC(=O)Cc1nc2nc(C)cc(C)n2n1. The average molecular weight is 333 g/mol. The van der Waals surface area contributed by atoms with Crippen LogP contribution >= 0.6 is 0 Å². The van der Waals surface area contributed by atoms with Gasteiger partial charge in [0.05, 0.1) is 6.42 Å². The fraction of sp³-hybridized carbons (Fsp3) is 0.647. The Kier molecular flexibility index (Phi) is 5.88. The predicted octanol–water partition coefficient (Wildman–Crippen LogP) is 1.59. The van der Waals surface area contributed by atoms with Crippen molar-refractivity contribution >= 4 is 11.7 Å². The van der Waals surface area contributed by atoms with E-state index in [9.17, 15) is 9.90 Å². The third kappa shape index (κ3) is 4.08. The molecule has 0 atom stereocenters. The number of nitrogens with zero attached hydrogens (tertiary/aromatic N) is 4. The predicted molar refractivity (Wildman–Crippen MR) is 91.7 cm³/mol. The molecule has 2 rings (SSSR count). The van der Waals surface area contributed by atoms with Crippen LogP contribution < -0.4 is 5.32 Å². The lowest BCUT2D eigenvalue weighted by Gasteiger charge is -2.31. The zero-order chi connectivity index (χ0) is 17.7. The second kappa shape index (κ2) is 7.70. The quantitative estimate of drug-likeness (QED) is 0.765. The molecular weight excluding hydrogens is 306 g/mol. The summed E-state index contributed by atoms with van der Waals surface area (Å²) in [6.45, 7) is 8.72. The van der Waals surface area contributed by atoms with Crippen molar-refractivity contribution in [2.45, 2.75) is 53.4 Å². The zero-order valence-corrected chi connectivity index (χ0v) is 15.0. The molecule has 0 aliphatic rings. The van der Waals surface area contributed by atoms with Crippen molar-refractivity contribution < 1.29 is 9.90 Å². The van der Waals surface area contributed by atoms with E-state index in [0.29, 0.717) is 24.6 Å². The molecule has 0 unspecified atom stereocenters. The van der Waals surface area contributed by atoms with Gasteiger partial charge in [-0.2, -0.15) is 4.98 Å². The minimum absolute atomic E-state index is 0.0496. The first-order chi connectivity index (χ1) is 11.4. The summed E-state index contributed by atoms with van der Waals surface area (Å²) in [5.74, 6) is 0.881. The van der Waals surface area contributed by atoms with Gasteiger partial charge in [-0.05, 0) is 44.6 Å². The standard InChI is InChI=1S/C17H27N5O2/c1-5-17(6-2,7-8-23)11-18-15(24)10-14-20-16-19-12(3)9-13(4)22(16)21-14/h9,23H,5-8,10-11H2,1-4H3,(H,18,24). The van der Waals surface area contributed by atoms with Crippen molar-refractivity contribution in [2.75, 3.05) is 13.2 Å².